The molecule has 1 heterocycles. The molecule has 0 saturated carbocycles. The van der Waals surface area contributed by atoms with Crippen LogP contribution in [0.3, 0.4) is 0 Å². The summed E-state index contributed by atoms with van der Waals surface area (Å²) in [4.78, 5) is 26.7. The maximum absolute atomic E-state index is 12.9. The van der Waals surface area contributed by atoms with Crippen LogP contribution in [0.1, 0.15) is 43.7 Å². The van der Waals surface area contributed by atoms with Crippen LogP contribution in [0, 0.1) is 12.8 Å². The quantitative estimate of drug-likeness (QED) is 0.863. The molecule has 4 nitrogen and oxygen atoms in total. The zero-order chi connectivity index (χ0) is 18.7. The van der Waals surface area contributed by atoms with E-state index < -0.39 is 0 Å². The fourth-order valence-corrected chi connectivity index (χ4v) is 3.66. The zero-order valence-electron chi connectivity index (χ0n) is 15.7. The number of carbonyl (C=O) groups is 2. The van der Waals surface area contributed by atoms with E-state index in [-0.39, 0.29) is 23.7 Å². The summed E-state index contributed by atoms with van der Waals surface area (Å²) < 4.78 is 0. The van der Waals surface area contributed by atoms with Crippen molar-refractivity contribution in [3.05, 3.63) is 59.7 Å². The van der Waals surface area contributed by atoms with Gasteiger partial charge in [-0.2, -0.15) is 0 Å². The van der Waals surface area contributed by atoms with Crippen LogP contribution in [0.4, 0.5) is 11.4 Å². The van der Waals surface area contributed by atoms with Crippen LogP contribution in [0.15, 0.2) is 48.5 Å². The Kier molecular flexibility index (Phi) is 5.40. The molecule has 26 heavy (non-hydrogen) atoms. The van der Waals surface area contributed by atoms with Gasteiger partial charge in [0.2, 0.25) is 11.8 Å². The molecule has 0 spiro atoms. The second kappa shape index (κ2) is 7.73. The predicted octanol–water partition coefficient (Wildman–Crippen LogP) is 4.50. The molecule has 1 atom stereocenters. The van der Waals surface area contributed by atoms with Crippen LogP contribution < -0.4 is 10.2 Å². The fourth-order valence-electron chi connectivity index (χ4n) is 3.66. The first-order valence-corrected chi connectivity index (χ1v) is 9.24. The number of rotatable bonds is 5. The smallest absolute Gasteiger partial charge is 0.232 e. The summed E-state index contributed by atoms with van der Waals surface area (Å²) in [6.07, 6.45) is 1.52. The molecule has 2 aromatic carbocycles. The second-order valence-electron chi connectivity index (χ2n) is 7.27. The van der Waals surface area contributed by atoms with E-state index in [1.807, 2.05) is 60.4 Å². The van der Waals surface area contributed by atoms with Crippen molar-refractivity contribution < 1.29 is 9.59 Å². The molecule has 0 radical (unpaired) electrons. The van der Waals surface area contributed by atoms with Gasteiger partial charge in [-0.3, -0.25) is 9.59 Å². The van der Waals surface area contributed by atoms with E-state index >= 15 is 0 Å². The van der Waals surface area contributed by atoms with Crippen molar-refractivity contribution in [2.75, 3.05) is 16.8 Å². The molecule has 0 bridgehead atoms. The normalized spacial score (nSPS) is 15.4. The molecule has 1 aliphatic heterocycles. The van der Waals surface area contributed by atoms with Gasteiger partial charge in [0, 0.05) is 24.3 Å². The van der Waals surface area contributed by atoms with Gasteiger partial charge < -0.3 is 10.2 Å². The third-order valence-electron chi connectivity index (χ3n) is 4.94. The van der Waals surface area contributed by atoms with Gasteiger partial charge in [-0.1, -0.05) is 44.2 Å². The van der Waals surface area contributed by atoms with E-state index in [1.54, 1.807) is 0 Å². The summed E-state index contributed by atoms with van der Waals surface area (Å²) in [7, 11) is 0. The average molecular weight is 350 g/mol. The first-order chi connectivity index (χ1) is 12.5. The van der Waals surface area contributed by atoms with Crippen LogP contribution in [0.5, 0.6) is 0 Å². The van der Waals surface area contributed by atoms with E-state index in [4.69, 9.17) is 0 Å². The Hall–Kier alpha value is -2.62. The van der Waals surface area contributed by atoms with E-state index in [1.165, 1.54) is 0 Å². The molecule has 1 saturated heterocycles. The summed E-state index contributed by atoms with van der Waals surface area (Å²) in [6, 6.07) is 15.6. The van der Waals surface area contributed by atoms with Crippen LogP contribution >= 0.6 is 0 Å². The van der Waals surface area contributed by atoms with Crippen molar-refractivity contribution in [1.82, 2.24) is 0 Å². The van der Waals surface area contributed by atoms with E-state index in [0.717, 1.165) is 35.5 Å². The Bertz CT molecular complexity index is 799. The summed E-state index contributed by atoms with van der Waals surface area (Å²) >= 11 is 0. The summed E-state index contributed by atoms with van der Waals surface area (Å²) in [6.45, 7) is 6.87. The van der Waals surface area contributed by atoms with E-state index in [9.17, 15) is 9.59 Å². The largest absolute Gasteiger partial charge is 0.326 e. The van der Waals surface area contributed by atoms with Crippen LogP contribution in [0.25, 0.3) is 0 Å². The molecule has 1 N–H and O–H groups in total. The minimum absolute atomic E-state index is 0.00408. The molecular formula is C22H26N2O2. The maximum Gasteiger partial charge on any atom is 0.232 e. The van der Waals surface area contributed by atoms with Crippen LogP contribution in [-0.4, -0.2) is 18.4 Å². The Labute approximate surface area is 155 Å². The average Bonchev–Trinajstić information content (AvgIpc) is 3.01. The number of nitrogens with zero attached hydrogens (tertiary/aromatic N) is 1. The van der Waals surface area contributed by atoms with Gasteiger partial charge in [-0.05, 0) is 48.6 Å². The number of anilines is 2. The number of benzene rings is 2. The highest BCUT2D eigenvalue weighted by molar-refractivity contribution is 5.98. The third kappa shape index (κ3) is 3.79. The zero-order valence-corrected chi connectivity index (χ0v) is 15.7. The van der Waals surface area contributed by atoms with Gasteiger partial charge in [0.05, 0.1) is 5.92 Å². The van der Waals surface area contributed by atoms with Gasteiger partial charge in [0.1, 0.15) is 0 Å². The lowest BCUT2D eigenvalue weighted by Gasteiger charge is -2.22. The Morgan fingerprint density at radius 2 is 1.85 bits per heavy atom. The molecule has 0 aromatic heterocycles. The van der Waals surface area contributed by atoms with Crippen LogP contribution in [0.2, 0.25) is 0 Å². The highest BCUT2D eigenvalue weighted by atomic mass is 16.2. The maximum atomic E-state index is 12.9. The first-order valence-electron chi connectivity index (χ1n) is 9.24. The van der Waals surface area contributed by atoms with Crippen molar-refractivity contribution in [2.45, 2.75) is 39.5 Å². The molecule has 1 fully saturated rings. The van der Waals surface area contributed by atoms with Gasteiger partial charge in [0.25, 0.3) is 0 Å². The summed E-state index contributed by atoms with van der Waals surface area (Å²) in [5.74, 6) is 0.167. The summed E-state index contributed by atoms with van der Waals surface area (Å²) in [5, 5.41) is 3.05. The van der Waals surface area contributed by atoms with Gasteiger partial charge in [0.15, 0.2) is 0 Å². The molecule has 136 valence electrons. The highest BCUT2D eigenvalue weighted by Gasteiger charge is 2.25. The fraction of sp³-hybridized carbons (Fsp3) is 0.364. The number of carbonyl (C=O) groups excluding carboxylic acids is 2. The van der Waals surface area contributed by atoms with E-state index in [0.29, 0.717) is 6.42 Å². The standard InChI is InChI=1S/C22H26N2O2/c1-15(2)21(17-8-5-4-6-9-17)22(26)23-18-11-12-19(16(3)14-18)24-13-7-10-20(24)25/h4-6,8-9,11-12,14-15,21H,7,10,13H2,1-3H3,(H,23,26). The van der Waals surface area contributed by atoms with Crippen molar-refractivity contribution in [2.24, 2.45) is 5.92 Å². The van der Waals surface area contributed by atoms with Crippen molar-refractivity contribution >= 4 is 23.2 Å². The van der Waals surface area contributed by atoms with Crippen molar-refractivity contribution in [3.8, 4) is 0 Å². The van der Waals surface area contributed by atoms with Gasteiger partial charge in [-0.25, -0.2) is 0 Å². The summed E-state index contributed by atoms with van der Waals surface area (Å²) in [5.41, 5.74) is 3.73. The Morgan fingerprint density at radius 3 is 2.42 bits per heavy atom. The Morgan fingerprint density at radius 1 is 1.12 bits per heavy atom. The molecule has 1 aliphatic rings. The third-order valence-corrected chi connectivity index (χ3v) is 4.94. The van der Waals surface area contributed by atoms with Crippen molar-refractivity contribution in [1.29, 1.82) is 0 Å². The molecule has 3 rings (SSSR count). The van der Waals surface area contributed by atoms with Gasteiger partial charge >= 0.3 is 0 Å². The predicted molar refractivity (Wildman–Crippen MR) is 105 cm³/mol. The minimum Gasteiger partial charge on any atom is -0.326 e. The minimum atomic E-state index is -0.198. The molecule has 0 aliphatic carbocycles. The number of hydrogen-bond acceptors (Lipinski definition) is 2. The monoisotopic (exact) mass is 350 g/mol. The lowest BCUT2D eigenvalue weighted by Crippen LogP contribution is -2.26. The van der Waals surface area contributed by atoms with Crippen LogP contribution in [-0.2, 0) is 9.59 Å². The SMILES string of the molecule is Cc1cc(NC(=O)C(c2ccccc2)C(C)C)ccc1N1CCCC1=O. The van der Waals surface area contributed by atoms with Gasteiger partial charge in [-0.15, -0.1) is 0 Å². The number of aryl methyl sites for hydroxylation is 1. The highest BCUT2D eigenvalue weighted by Crippen LogP contribution is 2.29. The number of hydrogen-bond donors (Lipinski definition) is 1. The topological polar surface area (TPSA) is 49.4 Å². The number of amides is 2. The number of nitrogens with one attached hydrogen (secondary N) is 1. The molecule has 1 unspecified atom stereocenters. The lowest BCUT2D eigenvalue weighted by molar-refractivity contribution is -0.118. The second-order valence-corrected chi connectivity index (χ2v) is 7.27. The Balaban J connectivity index is 1.78. The van der Waals surface area contributed by atoms with E-state index in [2.05, 4.69) is 19.2 Å². The lowest BCUT2D eigenvalue weighted by atomic mass is 9.87. The molecule has 2 aromatic rings. The molecule has 2 amide bonds. The first kappa shape index (κ1) is 18.2. The van der Waals surface area contributed by atoms with Crippen molar-refractivity contribution in [3.63, 3.8) is 0 Å². The molecular weight excluding hydrogens is 324 g/mol. The molecule has 4 heteroatoms.